The van der Waals surface area contributed by atoms with Gasteiger partial charge in [0.2, 0.25) is 0 Å². The molecule has 1 aromatic heterocycles. The van der Waals surface area contributed by atoms with Gasteiger partial charge in [0.05, 0.1) is 5.56 Å². The zero-order chi connectivity index (χ0) is 27.0. The van der Waals surface area contributed by atoms with Crippen LogP contribution in [-0.2, 0) is 18.0 Å². The molecule has 8 heteroatoms. The molecular formula is C29H33F3N4O. The maximum absolute atomic E-state index is 13.1. The Labute approximate surface area is 216 Å². The second kappa shape index (κ2) is 10.1. The summed E-state index contributed by atoms with van der Waals surface area (Å²) in [5.41, 5.74) is 3.54. The van der Waals surface area contributed by atoms with E-state index in [4.69, 9.17) is 4.98 Å². The van der Waals surface area contributed by atoms with Crippen molar-refractivity contribution < 1.29 is 18.0 Å². The Morgan fingerprint density at radius 1 is 0.865 bits per heavy atom. The molecule has 196 valence electrons. The van der Waals surface area contributed by atoms with E-state index in [2.05, 4.69) is 30.7 Å². The Morgan fingerprint density at radius 3 is 1.95 bits per heavy atom. The average molecular weight is 511 g/mol. The first kappa shape index (κ1) is 26.6. The Kier molecular flexibility index (Phi) is 7.31. The number of amides is 1. The highest BCUT2D eigenvalue weighted by atomic mass is 19.4. The number of piperazine rings is 1. The van der Waals surface area contributed by atoms with Crippen LogP contribution in [0.5, 0.6) is 0 Å². The number of carbonyl (C=O) groups excluding carboxylic acids is 1. The number of halogens is 3. The number of hydrogen-bond acceptors (Lipinski definition) is 4. The van der Waals surface area contributed by atoms with Crippen molar-refractivity contribution in [1.82, 2.24) is 14.9 Å². The van der Waals surface area contributed by atoms with Crippen LogP contribution in [0.15, 0.2) is 48.5 Å². The van der Waals surface area contributed by atoms with Crippen molar-refractivity contribution in [3.63, 3.8) is 0 Å². The molecule has 5 nitrogen and oxygen atoms in total. The zero-order valence-corrected chi connectivity index (χ0v) is 22.0. The summed E-state index contributed by atoms with van der Waals surface area (Å²) in [6.45, 7) is 12.7. The summed E-state index contributed by atoms with van der Waals surface area (Å²) >= 11 is 0. The lowest BCUT2D eigenvalue weighted by Gasteiger charge is -2.36. The van der Waals surface area contributed by atoms with Crippen molar-refractivity contribution in [1.29, 1.82) is 0 Å². The Balaban J connectivity index is 1.52. The molecule has 1 amide bonds. The highest BCUT2D eigenvalue weighted by Crippen LogP contribution is 2.32. The second-order valence-electron chi connectivity index (χ2n) is 10.5. The SMILES string of the molecule is CCc1c(C)nc(-c2ccc(C(F)(F)F)cc2)nc1N1CCN(C(=O)c2ccc(C(C)(C)C)cc2)CC1. The Bertz CT molecular complexity index is 1250. The smallest absolute Gasteiger partial charge is 0.353 e. The van der Waals surface area contributed by atoms with Crippen molar-refractivity contribution in [3.05, 3.63) is 76.5 Å². The maximum atomic E-state index is 13.1. The van der Waals surface area contributed by atoms with Crippen LogP contribution >= 0.6 is 0 Å². The molecule has 0 atom stereocenters. The normalized spacial score (nSPS) is 14.7. The number of benzene rings is 2. The van der Waals surface area contributed by atoms with Crippen LogP contribution in [0.25, 0.3) is 11.4 Å². The van der Waals surface area contributed by atoms with E-state index in [0.717, 1.165) is 35.6 Å². The van der Waals surface area contributed by atoms with Gasteiger partial charge in [-0.05, 0) is 48.6 Å². The van der Waals surface area contributed by atoms with Gasteiger partial charge in [-0.25, -0.2) is 9.97 Å². The molecule has 1 aliphatic heterocycles. The van der Waals surface area contributed by atoms with Crippen LogP contribution in [-0.4, -0.2) is 47.0 Å². The average Bonchev–Trinajstić information content (AvgIpc) is 2.87. The van der Waals surface area contributed by atoms with Gasteiger partial charge in [0.1, 0.15) is 5.82 Å². The van der Waals surface area contributed by atoms with Crippen molar-refractivity contribution >= 4 is 11.7 Å². The van der Waals surface area contributed by atoms with E-state index in [9.17, 15) is 18.0 Å². The fourth-order valence-electron chi connectivity index (χ4n) is 4.61. The molecule has 0 N–H and O–H groups in total. The van der Waals surface area contributed by atoms with Gasteiger partial charge in [-0.2, -0.15) is 13.2 Å². The van der Waals surface area contributed by atoms with Gasteiger partial charge in [0.15, 0.2) is 5.82 Å². The summed E-state index contributed by atoms with van der Waals surface area (Å²) in [6.07, 6.45) is -3.66. The number of aryl methyl sites for hydroxylation is 1. The number of nitrogens with zero attached hydrogens (tertiary/aromatic N) is 4. The summed E-state index contributed by atoms with van der Waals surface area (Å²) in [5, 5.41) is 0. The molecule has 1 saturated heterocycles. The van der Waals surface area contributed by atoms with E-state index < -0.39 is 11.7 Å². The summed E-state index contributed by atoms with van der Waals surface area (Å²) < 4.78 is 39.0. The van der Waals surface area contributed by atoms with E-state index in [1.165, 1.54) is 17.7 Å². The van der Waals surface area contributed by atoms with E-state index in [-0.39, 0.29) is 11.3 Å². The van der Waals surface area contributed by atoms with Gasteiger partial charge >= 0.3 is 6.18 Å². The van der Waals surface area contributed by atoms with Gasteiger partial charge in [0, 0.05) is 48.6 Å². The minimum Gasteiger partial charge on any atom is -0.353 e. The van der Waals surface area contributed by atoms with Gasteiger partial charge in [0.25, 0.3) is 5.91 Å². The fraction of sp³-hybridized carbons (Fsp3) is 0.414. The second-order valence-corrected chi connectivity index (χ2v) is 10.5. The third-order valence-electron chi connectivity index (χ3n) is 6.88. The van der Waals surface area contributed by atoms with Crippen LogP contribution in [0.4, 0.5) is 19.0 Å². The molecule has 37 heavy (non-hydrogen) atoms. The van der Waals surface area contributed by atoms with Crippen LogP contribution in [0.1, 0.15) is 60.4 Å². The quantitative estimate of drug-likeness (QED) is 0.414. The number of alkyl halides is 3. The number of aromatic nitrogens is 2. The van der Waals surface area contributed by atoms with Gasteiger partial charge in [-0.3, -0.25) is 4.79 Å². The predicted molar refractivity (Wildman–Crippen MR) is 140 cm³/mol. The molecule has 2 aromatic carbocycles. The lowest BCUT2D eigenvalue weighted by Crippen LogP contribution is -2.49. The summed E-state index contributed by atoms with van der Waals surface area (Å²) in [5.74, 6) is 1.20. The molecule has 0 radical (unpaired) electrons. The van der Waals surface area contributed by atoms with Crippen molar-refractivity contribution in [3.8, 4) is 11.4 Å². The van der Waals surface area contributed by atoms with E-state index >= 15 is 0 Å². The first-order valence-electron chi connectivity index (χ1n) is 12.6. The van der Waals surface area contributed by atoms with Crippen molar-refractivity contribution in [2.45, 2.75) is 52.6 Å². The van der Waals surface area contributed by atoms with Crippen LogP contribution in [0, 0.1) is 6.92 Å². The zero-order valence-electron chi connectivity index (χ0n) is 22.0. The van der Waals surface area contributed by atoms with Crippen molar-refractivity contribution in [2.24, 2.45) is 0 Å². The van der Waals surface area contributed by atoms with Crippen LogP contribution < -0.4 is 4.90 Å². The molecule has 1 fully saturated rings. The molecular weight excluding hydrogens is 477 g/mol. The molecule has 1 aliphatic rings. The Hall–Kier alpha value is -3.42. The van der Waals surface area contributed by atoms with Crippen molar-refractivity contribution in [2.75, 3.05) is 31.1 Å². The largest absolute Gasteiger partial charge is 0.416 e. The minimum atomic E-state index is -4.39. The third kappa shape index (κ3) is 5.78. The molecule has 0 aliphatic carbocycles. The highest BCUT2D eigenvalue weighted by Gasteiger charge is 2.30. The molecule has 2 heterocycles. The highest BCUT2D eigenvalue weighted by molar-refractivity contribution is 5.94. The standard InChI is InChI=1S/C29H33F3N4O/c1-6-24-19(2)33-25(20-7-13-23(14-8-20)29(30,31)32)34-26(24)35-15-17-36(18-16-35)27(37)21-9-11-22(12-10-21)28(3,4)5/h7-14H,6,15-18H2,1-5H3. The number of anilines is 1. The van der Waals surface area contributed by atoms with E-state index in [0.29, 0.717) is 43.1 Å². The summed E-state index contributed by atoms with van der Waals surface area (Å²) in [7, 11) is 0. The monoisotopic (exact) mass is 510 g/mol. The molecule has 3 aromatic rings. The first-order valence-corrected chi connectivity index (χ1v) is 12.6. The topological polar surface area (TPSA) is 49.3 Å². The molecule has 0 bridgehead atoms. The predicted octanol–water partition coefficient (Wildman–Crippen LogP) is 6.29. The molecule has 0 spiro atoms. The number of carbonyl (C=O) groups is 1. The van der Waals surface area contributed by atoms with Gasteiger partial charge in [-0.1, -0.05) is 52.0 Å². The molecule has 0 saturated carbocycles. The number of hydrogen-bond donors (Lipinski definition) is 0. The lowest BCUT2D eigenvalue weighted by molar-refractivity contribution is -0.137. The van der Waals surface area contributed by atoms with E-state index in [1.807, 2.05) is 43.0 Å². The third-order valence-corrected chi connectivity index (χ3v) is 6.88. The molecule has 0 unspecified atom stereocenters. The van der Waals surface area contributed by atoms with E-state index in [1.54, 1.807) is 0 Å². The summed E-state index contributed by atoms with van der Waals surface area (Å²) in [4.78, 5) is 26.5. The minimum absolute atomic E-state index is 0.0140. The maximum Gasteiger partial charge on any atom is 0.416 e. The van der Waals surface area contributed by atoms with Crippen LogP contribution in [0.2, 0.25) is 0 Å². The van der Waals surface area contributed by atoms with Gasteiger partial charge in [-0.15, -0.1) is 0 Å². The van der Waals surface area contributed by atoms with Crippen LogP contribution in [0.3, 0.4) is 0 Å². The number of rotatable bonds is 4. The molecule has 4 rings (SSSR count). The Morgan fingerprint density at radius 2 is 1.43 bits per heavy atom. The van der Waals surface area contributed by atoms with Gasteiger partial charge < -0.3 is 9.80 Å². The lowest BCUT2D eigenvalue weighted by atomic mass is 9.86. The summed E-state index contributed by atoms with van der Waals surface area (Å²) in [6, 6.07) is 12.8. The first-order chi connectivity index (χ1) is 17.4. The fourth-order valence-corrected chi connectivity index (χ4v) is 4.61.